The van der Waals surface area contributed by atoms with Crippen LogP contribution < -0.4 is 4.18 Å². The van der Waals surface area contributed by atoms with Gasteiger partial charge in [0.2, 0.25) is 5.88 Å². The second-order valence-electron chi connectivity index (χ2n) is 5.07. The molecule has 0 atom stereocenters. The fraction of sp³-hybridized carbons (Fsp3) is 0.0625. The average Bonchev–Trinajstić information content (AvgIpc) is 2.54. The van der Waals surface area contributed by atoms with Crippen molar-refractivity contribution in [3.63, 3.8) is 0 Å². The maximum Gasteiger partial charge on any atom is 0.354 e. The van der Waals surface area contributed by atoms with Gasteiger partial charge in [-0.1, -0.05) is 17.7 Å². The van der Waals surface area contributed by atoms with Crippen molar-refractivity contribution in [2.45, 2.75) is 11.8 Å². The van der Waals surface area contributed by atoms with Crippen LogP contribution in [0.4, 0.5) is 0 Å². The van der Waals surface area contributed by atoms with Gasteiger partial charge in [-0.05, 0) is 31.2 Å². The Balaban J connectivity index is 1.97. The summed E-state index contributed by atoms with van der Waals surface area (Å²) in [6, 6.07) is 10.4. The summed E-state index contributed by atoms with van der Waals surface area (Å²) in [5.74, 6) is -1.34. The van der Waals surface area contributed by atoms with Gasteiger partial charge < -0.3 is 9.29 Å². The molecule has 8 heteroatoms. The van der Waals surface area contributed by atoms with E-state index in [1.807, 2.05) is 6.92 Å². The normalized spacial score (nSPS) is 11.4. The predicted octanol–water partition coefficient (Wildman–Crippen LogP) is 2.40. The van der Waals surface area contributed by atoms with Crippen LogP contribution in [0.25, 0.3) is 10.9 Å². The summed E-state index contributed by atoms with van der Waals surface area (Å²) < 4.78 is 29.5. The Hall–Kier alpha value is -3.00. The molecule has 3 aromatic rings. The molecule has 0 unspecified atom stereocenters. The van der Waals surface area contributed by atoms with Crippen LogP contribution in [0.5, 0.6) is 5.88 Å². The molecule has 0 amide bonds. The summed E-state index contributed by atoms with van der Waals surface area (Å²) in [6.45, 7) is 1.84. The lowest BCUT2D eigenvalue weighted by Crippen LogP contribution is -2.10. The summed E-state index contributed by atoms with van der Waals surface area (Å²) in [5, 5.41) is 9.52. The molecule has 3 rings (SSSR count). The van der Waals surface area contributed by atoms with Crippen molar-refractivity contribution in [2.24, 2.45) is 0 Å². The standard InChI is InChI=1S/C16H12N2O5S/c1-10-2-5-12(6-3-10)24(21,22)23-15-7-4-11-9-17-14(16(19)20)8-13(11)18-15/h2-9H,1H3,(H,19,20). The van der Waals surface area contributed by atoms with Crippen molar-refractivity contribution in [3.05, 3.63) is 59.9 Å². The quantitative estimate of drug-likeness (QED) is 0.724. The second kappa shape index (κ2) is 5.89. The molecule has 0 radical (unpaired) electrons. The summed E-state index contributed by atoms with van der Waals surface area (Å²) >= 11 is 0. The SMILES string of the molecule is Cc1ccc(S(=O)(=O)Oc2ccc3cnc(C(=O)O)cc3n2)cc1. The Labute approximate surface area is 137 Å². The van der Waals surface area contributed by atoms with Crippen LogP contribution in [0.3, 0.4) is 0 Å². The average molecular weight is 344 g/mol. The maximum absolute atomic E-state index is 12.3. The fourth-order valence-electron chi connectivity index (χ4n) is 2.03. The van der Waals surface area contributed by atoms with Gasteiger partial charge in [-0.3, -0.25) is 0 Å². The molecular formula is C16H12N2O5S. The first kappa shape index (κ1) is 15.9. The third kappa shape index (κ3) is 3.18. The molecule has 0 saturated carbocycles. The Kier molecular flexibility index (Phi) is 3.90. The lowest BCUT2D eigenvalue weighted by molar-refractivity contribution is 0.0690. The second-order valence-corrected chi connectivity index (χ2v) is 6.61. The topological polar surface area (TPSA) is 106 Å². The third-order valence-corrected chi connectivity index (χ3v) is 4.51. The van der Waals surface area contributed by atoms with E-state index in [-0.39, 0.29) is 22.0 Å². The molecule has 0 fully saturated rings. The number of carboxylic acid groups (broad SMARTS) is 1. The van der Waals surface area contributed by atoms with Gasteiger partial charge in [0.1, 0.15) is 10.6 Å². The van der Waals surface area contributed by atoms with Crippen LogP contribution >= 0.6 is 0 Å². The first-order chi connectivity index (χ1) is 11.3. The molecule has 0 aliphatic heterocycles. The fourth-order valence-corrected chi connectivity index (χ4v) is 2.91. The van der Waals surface area contributed by atoms with Crippen molar-refractivity contribution in [2.75, 3.05) is 0 Å². The minimum Gasteiger partial charge on any atom is -0.477 e. The molecule has 2 heterocycles. The highest BCUT2D eigenvalue weighted by Crippen LogP contribution is 2.21. The molecule has 0 aliphatic carbocycles. The van der Waals surface area contributed by atoms with Gasteiger partial charge in [0, 0.05) is 17.6 Å². The molecule has 7 nitrogen and oxygen atoms in total. The van der Waals surface area contributed by atoms with E-state index >= 15 is 0 Å². The molecule has 24 heavy (non-hydrogen) atoms. The Morgan fingerprint density at radius 1 is 1.12 bits per heavy atom. The highest BCUT2D eigenvalue weighted by Gasteiger charge is 2.17. The third-order valence-electron chi connectivity index (χ3n) is 3.27. The first-order valence-corrected chi connectivity index (χ1v) is 8.27. The van der Waals surface area contributed by atoms with Crippen LogP contribution in [-0.2, 0) is 10.1 Å². The largest absolute Gasteiger partial charge is 0.477 e. The number of aryl methyl sites for hydroxylation is 1. The van der Waals surface area contributed by atoms with Crippen molar-refractivity contribution < 1.29 is 22.5 Å². The minimum absolute atomic E-state index is 0.0101. The zero-order chi connectivity index (χ0) is 17.3. The molecule has 1 N–H and O–H groups in total. The lowest BCUT2D eigenvalue weighted by atomic mass is 10.2. The summed E-state index contributed by atoms with van der Waals surface area (Å²) in [6.07, 6.45) is 1.35. The predicted molar refractivity (Wildman–Crippen MR) is 85.5 cm³/mol. The number of fused-ring (bicyclic) bond motifs is 1. The van der Waals surface area contributed by atoms with E-state index < -0.39 is 16.1 Å². The van der Waals surface area contributed by atoms with E-state index in [2.05, 4.69) is 9.97 Å². The van der Waals surface area contributed by atoms with Crippen LogP contribution in [0.1, 0.15) is 16.1 Å². The monoisotopic (exact) mass is 344 g/mol. The summed E-state index contributed by atoms with van der Waals surface area (Å²) in [5.41, 5.74) is 1.01. The number of rotatable bonds is 4. The number of aromatic nitrogens is 2. The smallest absolute Gasteiger partial charge is 0.354 e. The van der Waals surface area contributed by atoms with Crippen molar-refractivity contribution in [1.82, 2.24) is 9.97 Å². The number of nitrogens with zero attached hydrogens (tertiary/aromatic N) is 2. The number of aromatic carboxylic acids is 1. The summed E-state index contributed by atoms with van der Waals surface area (Å²) in [7, 11) is -4.02. The van der Waals surface area contributed by atoms with Gasteiger partial charge in [0.15, 0.2) is 0 Å². The van der Waals surface area contributed by atoms with Crippen molar-refractivity contribution in [3.8, 4) is 5.88 Å². The molecule has 122 valence electrons. The number of pyridine rings is 2. The zero-order valence-electron chi connectivity index (χ0n) is 12.5. The minimum atomic E-state index is -4.02. The van der Waals surface area contributed by atoms with Gasteiger partial charge in [0.25, 0.3) is 0 Å². The molecular weight excluding hydrogens is 332 g/mol. The van der Waals surface area contributed by atoms with E-state index in [1.54, 1.807) is 18.2 Å². The van der Waals surface area contributed by atoms with Gasteiger partial charge in [-0.25, -0.2) is 14.8 Å². The van der Waals surface area contributed by atoms with Crippen LogP contribution in [0.15, 0.2) is 53.6 Å². The molecule has 0 spiro atoms. The molecule has 0 saturated heterocycles. The number of carbonyl (C=O) groups is 1. The van der Waals surface area contributed by atoms with Crippen molar-refractivity contribution >= 4 is 27.0 Å². The number of carboxylic acids is 1. The van der Waals surface area contributed by atoms with Gasteiger partial charge in [-0.2, -0.15) is 8.42 Å². The Morgan fingerprint density at radius 3 is 2.50 bits per heavy atom. The molecule has 0 aliphatic rings. The van der Waals surface area contributed by atoms with Gasteiger partial charge >= 0.3 is 16.1 Å². The lowest BCUT2D eigenvalue weighted by Gasteiger charge is -2.07. The van der Waals surface area contributed by atoms with Gasteiger partial charge in [0.05, 0.1) is 5.52 Å². The summed E-state index contributed by atoms with van der Waals surface area (Å²) in [4.78, 5) is 18.8. The highest BCUT2D eigenvalue weighted by molar-refractivity contribution is 7.87. The van der Waals surface area contributed by atoms with E-state index in [1.165, 1.54) is 30.5 Å². The number of hydrogen-bond acceptors (Lipinski definition) is 6. The highest BCUT2D eigenvalue weighted by atomic mass is 32.2. The Bertz CT molecular complexity index is 1030. The molecule has 0 bridgehead atoms. The first-order valence-electron chi connectivity index (χ1n) is 6.86. The van der Waals surface area contributed by atoms with E-state index in [0.717, 1.165) is 5.56 Å². The van der Waals surface area contributed by atoms with Crippen molar-refractivity contribution in [1.29, 1.82) is 0 Å². The van der Waals surface area contributed by atoms with E-state index in [9.17, 15) is 13.2 Å². The van der Waals surface area contributed by atoms with E-state index in [4.69, 9.17) is 9.29 Å². The van der Waals surface area contributed by atoms with Crippen LogP contribution in [0, 0.1) is 6.92 Å². The van der Waals surface area contributed by atoms with Gasteiger partial charge in [-0.15, -0.1) is 0 Å². The maximum atomic E-state index is 12.3. The number of hydrogen-bond donors (Lipinski definition) is 1. The van der Waals surface area contributed by atoms with Crippen LogP contribution in [0.2, 0.25) is 0 Å². The van der Waals surface area contributed by atoms with Crippen LogP contribution in [-0.4, -0.2) is 29.5 Å². The van der Waals surface area contributed by atoms with E-state index in [0.29, 0.717) is 5.39 Å². The zero-order valence-corrected chi connectivity index (χ0v) is 13.3. The Morgan fingerprint density at radius 2 is 1.83 bits per heavy atom. The number of benzene rings is 1. The molecule has 1 aromatic carbocycles. The molecule has 2 aromatic heterocycles.